The highest BCUT2D eigenvalue weighted by molar-refractivity contribution is 8.18. The number of ether oxygens (including phenoxy) is 5. The largest absolute Gasteiger partial charge is 0.493 e. The van der Waals surface area contributed by atoms with Crippen molar-refractivity contribution in [3.63, 3.8) is 0 Å². The number of imide groups is 1. The van der Waals surface area contributed by atoms with Gasteiger partial charge in [-0.2, -0.15) is 0 Å². The number of rotatable bonds is 9. The van der Waals surface area contributed by atoms with Crippen molar-refractivity contribution in [2.75, 3.05) is 27.1 Å². The van der Waals surface area contributed by atoms with Gasteiger partial charge in [-0.1, -0.05) is 35.9 Å². The molecule has 0 radical (unpaired) electrons. The molecule has 0 unspecified atom stereocenters. The zero-order valence-corrected chi connectivity index (χ0v) is 21.3. The lowest BCUT2D eigenvalue weighted by molar-refractivity contribution is -0.123. The summed E-state index contributed by atoms with van der Waals surface area (Å²) >= 11 is 7.20. The molecular weight excluding hydrogens is 518 g/mol. The van der Waals surface area contributed by atoms with Gasteiger partial charge in [0.1, 0.15) is 19.0 Å². The lowest BCUT2D eigenvalue weighted by Gasteiger charge is -2.14. The Bertz CT molecular complexity index is 1360. The Balaban J connectivity index is 1.24. The second kappa shape index (κ2) is 11.1. The molecule has 2 aliphatic heterocycles. The molecule has 0 bridgehead atoms. The summed E-state index contributed by atoms with van der Waals surface area (Å²) in [5.41, 5.74) is 1.28. The van der Waals surface area contributed by atoms with Crippen LogP contribution in [0.2, 0.25) is 5.02 Å². The minimum Gasteiger partial charge on any atom is -0.493 e. The standard InChI is InChI=1S/C27H22ClNO7S/c1-32-22-11-17(7-8-21(22)34-10-9-33-19-5-3-2-4-6-19)12-25-26(30)29(27(31)37-25)15-18-13-23-24(14-20(18)28)36-16-35-23/h2-8,11-14H,9-10,15-16H2,1H3/b25-12-. The summed E-state index contributed by atoms with van der Waals surface area (Å²) in [5, 5.41) is 0.0112. The van der Waals surface area contributed by atoms with Crippen LogP contribution in [0.3, 0.4) is 0 Å². The monoisotopic (exact) mass is 539 g/mol. The fourth-order valence-electron chi connectivity index (χ4n) is 3.76. The molecule has 0 spiro atoms. The number of fused-ring (bicyclic) bond motifs is 1. The number of hydrogen-bond donors (Lipinski definition) is 0. The van der Waals surface area contributed by atoms with Crippen LogP contribution in [-0.4, -0.2) is 43.2 Å². The van der Waals surface area contributed by atoms with E-state index in [0.29, 0.717) is 57.3 Å². The number of methoxy groups -OCH3 is 1. The van der Waals surface area contributed by atoms with Gasteiger partial charge in [0.05, 0.1) is 18.6 Å². The minimum absolute atomic E-state index is 0.0264. The summed E-state index contributed by atoms with van der Waals surface area (Å²) in [4.78, 5) is 27.1. The third-order valence-electron chi connectivity index (χ3n) is 5.58. The normalized spacial score (nSPS) is 15.4. The number of benzene rings is 3. The maximum Gasteiger partial charge on any atom is 0.293 e. The van der Waals surface area contributed by atoms with E-state index in [1.807, 2.05) is 30.3 Å². The molecule has 2 amide bonds. The maximum absolute atomic E-state index is 13.0. The van der Waals surface area contributed by atoms with Gasteiger partial charge >= 0.3 is 0 Å². The molecule has 0 saturated carbocycles. The van der Waals surface area contributed by atoms with Crippen molar-refractivity contribution in [3.8, 4) is 28.7 Å². The predicted octanol–water partition coefficient (Wildman–Crippen LogP) is 5.77. The van der Waals surface area contributed by atoms with E-state index in [2.05, 4.69) is 0 Å². The van der Waals surface area contributed by atoms with Crippen molar-refractivity contribution in [1.29, 1.82) is 0 Å². The Morgan fingerprint density at radius 1 is 0.973 bits per heavy atom. The van der Waals surface area contributed by atoms with Gasteiger partial charge in [0, 0.05) is 11.1 Å². The number of halogens is 1. The van der Waals surface area contributed by atoms with Crippen LogP contribution >= 0.6 is 23.4 Å². The van der Waals surface area contributed by atoms with Gasteiger partial charge < -0.3 is 23.7 Å². The van der Waals surface area contributed by atoms with Gasteiger partial charge in [0.15, 0.2) is 23.0 Å². The van der Waals surface area contributed by atoms with Gasteiger partial charge in [0.2, 0.25) is 6.79 Å². The second-order valence-corrected chi connectivity index (χ2v) is 9.39. The average Bonchev–Trinajstić information content (AvgIpc) is 3.46. The number of nitrogens with zero attached hydrogens (tertiary/aromatic N) is 1. The highest BCUT2D eigenvalue weighted by Crippen LogP contribution is 2.40. The van der Waals surface area contributed by atoms with Gasteiger partial charge in [-0.15, -0.1) is 0 Å². The predicted molar refractivity (Wildman–Crippen MR) is 140 cm³/mol. The van der Waals surface area contributed by atoms with Crippen LogP contribution in [0.15, 0.2) is 65.6 Å². The van der Waals surface area contributed by atoms with Crippen molar-refractivity contribution in [3.05, 3.63) is 81.7 Å². The van der Waals surface area contributed by atoms with Crippen LogP contribution < -0.4 is 23.7 Å². The molecule has 1 fully saturated rings. The third kappa shape index (κ3) is 5.63. The van der Waals surface area contributed by atoms with E-state index in [0.717, 1.165) is 22.4 Å². The third-order valence-corrected chi connectivity index (χ3v) is 6.84. The highest BCUT2D eigenvalue weighted by atomic mass is 35.5. The van der Waals surface area contributed by atoms with Crippen LogP contribution in [0.25, 0.3) is 6.08 Å². The Morgan fingerprint density at radius 2 is 1.73 bits per heavy atom. The first-order chi connectivity index (χ1) is 18.0. The first-order valence-electron chi connectivity index (χ1n) is 11.3. The molecule has 1 saturated heterocycles. The van der Waals surface area contributed by atoms with Gasteiger partial charge in [-0.3, -0.25) is 14.5 Å². The molecule has 3 aromatic rings. The number of carbonyl (C=O) groups excluding carboxylic acids is 2. The zero-order valence-electron chi connectivity index (χ0n) is 19.8. The summed E-state index contributed by atoms with van der Waals surface area (Å²) in [6.07, 6.45) is 1.65. The van der Waals surface area contributed by atoms with Crippen molar-refractivity contribution in [1.82, 2.24) is 4.90 Å². The number of hydrogen-bond acceptors (Lipinski definition) is 8. The molecule has 8 nitrogen and oxygen atoms in total. The molecule has 190 valence electrons. The van der Waals surface area contributed by atoms with E-state index < -0.39 is 5.91 Å². The number of para-hydroxylation sites is 1. The summed E-state index contributed by atoms with van der Waals surface area (Å²) in [6, 6.07) is 18.1. The molecule has 37 heavy (non-hydrogen) atoms. The summed E-state index contributed by atoms with van der Waals surface area (Å²) in [5.74, 6) is 2.47. The van der Waals surface area contributed by atoms with Crippen molar-refractivity contribution in [2.24, 2.45) is 0 Å². The van der Waals surface area contributed by atoms with E-state index in [-0.39, 0.29) is 18.6 Å². The lowest BCUT2D eigenvalue weighted by atomic mass is 10.1. The van der Waals surface area contributed by atoms with Gasteiger partial charge in [0.25, 0.3) is 11.1 Å². The van der Waals surface area contributed by atoms with Crippen LogP contribution in [0.5, 0.6) is 28.7 Å². The maximum atomic E-state index is 13.0. The van der Waals surface area contributed by atoms with Crippen molar-refractivity contribution < 1.29 is 33.3 Å². The molecule has 0 N–H and O–H groups in total. The van der Waals surface area contributed by atoms with Crippen molar-refractivity contribution in [2.45, 2.75) is 6.54 Å². The lowest BCUT2D eigenvalue weighted by Crippen LogP contribution is -2.27. The van der Waals surface area contributed by atoms with Crippen LogP contribution in [0, 0.1) is 0 Å². The summed E-state index contributed by atoms with van der Waals surface area (Å²) in [7, 11) is 1.54. The highest BCUT2D eigenvalue weighted by Gasteiger charge is 2.35. The van der Waals surface area contributed by atoms with Crippen LogP contribution in [0.4, 0.5) is 4.79 Å². The van der Waals surface area contributed by atoms with E-state index in [4.69, 9.17) is 35.3 Å². The quantitative estimate of drug-likeness (QED) is 0.250. The van der Waals surface area contributed by atoms with Crippen molar-refractivity contribution >= 4 is 40.6 Å². The van der Waals surface area contributed by atoms with E-state index >= 15 is 0 Å². The van der Waals surface area contributed by atoms with Crippen LogP contribution in [0.1, 0.15) is 11.1 Å². The molecule has 2 aliphatic rings. The molecule has 5 rings (SSSR count). The first-order valence-corrected chi connectivity index (χ1v) is 12.5. The Morgan fingerprint density at radius 3 is 2.51 bits per heavy atom. The van der Waals surface area contributed by atoms with E-state index in [1.165, 1.54) is 7.11 Å². The second-order valence-electron chi connectivity index (χ2n) is 7.99. The van der Waals surface area contributed by atoms with E-state index in [1.54, 1.807) is 36.4 Å². The molecule has 10 heteroatoms. The van der Waals surface area contributed by atoms with E-state index in [9.17, 15) is 9.59 Å². The first kappa shape index (κ1) is 24.9. The SMILES string of the molecule is COc1cc(/C=C2\SC(=O)N(Cc3cc4c(cc3Cl)OCO4)C2=O)ccc1OCCOc1ccccc1. The Hall–Kier alpha value is -3.82. The summed E-state index contributed by atoms with van der Waals surface area (Å²) in [6.45, 7) is 0.828. The molecule has 3 aromatic carbocycles. The molecule has 0 aliphatic carbocycles. The number of amides is 2. The Labute approximate surface area is 222 Å². The van der Waals surface area contributed by atoms with Crippen LogP contribution in [-0.2, 0) is 11.3 Å². The van der Waals surface area contributed by atoms with Gasteiger partial charge in [-0.05, 0) is 59.3 Å². The fraction of sp³-hybridized carbons (Fsp3) is 0.185. The Kier molecular flexibility index (Phi) is 7.43. The zero-order chi connectivity index (χ0) is 25.8. The molecular formula is C27H22ClNO7S. The fourth-order valence-corrected chi connectivity index (χ4v) is 4.81. The van der Waals surface area contributed by atoms with Gasteiger partial charge in [-0.25, -0.2) is 0 Å². The number of thioether (sulfide) groups is 1. The molecule has 0 atom stereocenters. The topological polar surface area (TPSA) is 83.5 Å². The summed E-state index contributed by atoms with van der Waals surface area (Å²) < 4.78 is 27.6. The molecule has 2 heterocycles. The molecule has 0 aromatic heterocycles. The average molecular weight is 540 g/mol. The number of carbonyl (C=O) groups is 2. The smallest absolute Gasteiger partial charge is 0.293 e. The minimum atomic E-state index is -0.402.